The Kier molecular flexibility index (Phi) is 5.37. The number of piperidine rings is 1. The van der Waals surface area contributed by atoms with Gasteiger partial charge in [0.1, 0.15) is 0 Å². The predicted molar refractivity (Wildman–Crippen MR) is 73.2 cm³/mol. The molecule has 2 rings (SSSR count). The van der Waals surface area contributed by atoms with Gasteiger partial charge in [0.2, 0.25) is 5.91 Å². The van der Waals surface area contributed by atoms with Crippen molar-refractivity contribution < 1.29 is 19.1 Å². The van der Waals surface area contributed by atoms with Gasteiger partial charge in [-0.25, -0.2) is 4.79 Å². The Bertz CT molecular complexity index is 361. The minimum Gasteiger partial charge on any atom is -0.467 e. The highest BCUT2D eigenvalue weighted by Crippen LogP contribution is 2.16. The second kappa shape index (κ2) is 7.04. The van der Waals surface area contributed by atoms with E-state index in [9.17, 15) is 9.59 Å². The van der Waals surface area contributed by atoms with Crippen LogP contribution in [-0.4, -0.2) is 74.2 Å². The highest BCUT2D eigenvalue weighted by molar-refractivity contribution is 5.79. The minimum atomic E-state index is -0.568. The summed E-state index contributed by atoms with van der Waals surface area (Å²) in [5.41, 5.74) is 0. The van der Waals surface area contributed by atoms with E-state index >= 15 is 0 Å². The number of likely N-dealkylation sites (tertiary alicyclic amines) is 1. The number of amides is 1. The van der Waals surface area contributed by atoms with Gasteiger partial charge in [-0.15, -0.1) is 0 Å². The molecule has 0 radical (unpaired) electrons. The number of hydrogen-bond acceptors (Lipinski definition) is 5. The molecule has 0 aromatic carbocycles. The van der Waals surface area contributed by atoms with Crippen LogP contribution in [-0.2, 0) is 19.1 Å². The van der Waals surface area contributed by atoms with E-state index in [0.29, 0.717) is 32.2 Å². The Morgan fingerprint density at radius 1 is 1.30 bits per heavy atom. The van der Waals surface area contributed by atoms with Gasteiger partial charge in [0.15, 0.2) is 6.10 Å². The molecule has 2 aliphatic heterocycles. The van der Waals surface area contributed by atoms with E-state index in [1.165, 1.54) is 13.5 Å². The number of carbonyl (C=O) groups is 2. The van der Waals surface area contributed by atoms with Gasteiger partial charge >= 0.3 is 5.97 Å². The number of hydrogen-bond donors (Lipinski definition) is 0. The smallest absolute Gasteiger partial charge is 0.336 e. The number of rotatable bonds is 3. The summed E-state index contributed by atoms with van der Waals surface area (Å²) in [7, 11) is 1.35. The number of nitrogens with zero attached hydrogens (tertiary/aromatic N) is 2. The first-order valence-electron chi connectivity index (χ1n) is 7.29. The van der Waals surface area contributed by atoms with Crippen molar-refractivity contribution in [2.45, 2.75) is 25.9 Å². The Labute approximate surface area is 120 Å². The Balaban J connectivity index is 1.82. The summed E-state index contributed by atoms with van der Waals surface area (Å²) in [5, 5.41) is 0. The second-order valence-corrected chi connectivity index (χ2v) is 5.70. The van der Waals surface area contributed by atoms with E-state index in [4.69, 9.17) is 4.74 Å². The van der Waals surface area contributed by atoms with Crippen LogP contribution in [0.3, 0.4) is 0 Å². The van der Waals surface area contributed by atoms with E-state index in [-0.39, 0.29) is 11.9 Å². The lowest BCUT2D eigenvalue weighted by Gasteiger charge is -2.35. The molecule has 0 bridgehead atoms. The molecule has 6 heteroatoms. The number of morpholine rings is 1. The first-order chi connectivity index (χ1) is 9.60. The van der Waals surface area contributed by atoms with Gasteiger partial charge in [0.25, 0.3) is 0 Å². The highest BCUT2D eigenvalue weighted by atomic mass is 16.6. The molecular weight excluding hydrogens is 260 g/mol. The zero-order valence-corrected chi connectivity index (χ0v) is 12.3. The van der Waals surface area contributed by atoms with Gasteiger partial charge in [-0.05, 0) is 18.8 Å². The third-order valence-electron chi connectivity index (χ3n) is 3.98. The fourth-order valence-electron chi connectivity index (χ4n) is 2.83. The number of carbonyl (C=O) groups excluding carboxylic acids is 2. The van der Waals surface area contributed by atoms with E-state index < -0.39 is 6.10 Å². The van der Waals surface area contributed by atoms with Crippen LogP contribution in [0.5, 0.6) is 0 Å². The van der Waals surface area contributed by atoms with Gasteiger partial charge in [0, 0.05) is 26.2 Å². The van der Waals surface area contributed by atoms with Gasteiger partial charge in [-0.3, -0.25) is 9.69 Å². The molecule has 0 aliphatic carbocycles. The molecule has 6 nitrogen and oxygen atoms in total. The standard InChI is InChI=1S/C14H24N2O4/c1-11-4-3-5-16(8-11)13(17)10-15-6-7-20-12(9-15)14(18)19-2/h11-12H,3-10H2,1-2H3. The molecule has 2 saturated heterocycles. The average Bonchev–Trinajstić information content (AvgIpc) is 2.46. The monoisotopic (exact) mass is 284 g/mol. The molecule has 0 aromatic heterocycles. The summed E-state index contributed by atoms with van der Waals surface area (Å²) < 4.78 is 10.1. The molecule has 2 atom stereocenters. The fourth-order valence-corrected chi connectivity index (χ4v) is 2.83. The normalized spacial score (nSPS) is 28.2. The zero-order chi connectivity index (χ0) is 14.5. The van der Waals surface area contributed by atoms with Crippen LogP contribution in [0.2, 0.25) is 0 Å². The van der Waals surface area contributed by atoms with E-state index in [1.807, 2.05) is 9.80 Å². The van der Waals surface area contributed by atoms with Crippen LogP contribution in [0.1, 0.15) is 19.8 Å². The topological polar surface area (TPSA) is 59.1 Å². The summed E-state index contributed by atoms with van der Waals surface area (Å²) >= 11 is 0. The Morgan fingerprint density at radius 3 is 2.80 bits per heavy atom. The number of esters is 1. The van der Waals surface area contributed by atoms with Crippen LogP contribution in [0.4, 0.5) is 0 Å². The van der Waals surface area contributed by atoms with Crippen molar-refractivity contribution >= 4 is 11.9 Å². The first-order valence-corrected chi connectivity index (χ1v) is 7.29. The lowest BCUT2D eigenvalue weighted by Crippen LogP contribution is -2.51. The highest BCUT2D eigenvalue weighted by Gasteiger charge is 2.30. The second-order valence-electron chi connectivity index (χ2n) is 5.70. The summed E-state index contributed by atoms with van der Waals surface area (Å²) in [6.07, 6.45) is 1.72. The van der Waals surface area contributed by atoms with Crippen molar-refractivity contribution in [2.24, 2.45) is 5.92 Å². The molecule has 2 heterocycles. The van der Waals surface area contributed by atoms with Gasteiger partial charge < -0.3 is 14.4 Å². The van der Waals surface area contributed by atoms with Crippen molar-refractivity contribution in [1.29, 1.82) is 0 Å². The van der Waals surface area contributed by atoms with E-state index in [0.717, 1.165) is 19.5 Å². The van der Waals surface area contributed by atoms with Crippen LogP contribution in [0.15, 0.2) is 0 Å². The Hall–Kier alpha value is -1.14. The SMILES string of the molecule is COC(=O)C1CN(CC(=O)N2CCCC(C)C2)CCO1. The number of methoxy groups -OCH3 is 1. The molecule has 114 valence electrons. The molecule has 0 N–H and O–H groups in total. The zero-order valence-electron chi connectivity index (χ0n) is 12.3. The summed E-state index contributed by atoms with van der Waals surface area (Å²) in [6.45, 7) is 5.83. The van der Waals surface area contributed by atoms with Gasteiger partial charge in [-0.2, -0.15) is 0 Å². The van der Waals surface area contributed by atoms with Crippen molar-refractivity contribution in [3.8, 4) is 0 Å². The Morgan fingerprint density at radius 2 is 2.10 bits per heavy atom. The molecule has 20 heavy (non-hydrogen) atoms. The maximum Gasteiger partial charge on any atom is 0.336 e. The van der Waals surface area contributed by atoms with E-state index in [1.54, 1.807) is 0 Å². The van der Waals surface area contributed by atoms with Gasteiger partial charge in [-0.1, -0.05) is 6.92 Å². The lowest BCUT2D eigenvalue weighted by molar-refractivity contribution is -0.161. The van der Waals surface area contributed by atoms with Crippen LogP contribution >= 0.6 is 0 Å². The average molecular weight is 284 g/mol. The molecule has 2 aliphatic rings. The molecule has 0 aromatic rings. The van der Waals surface area contributed by atoms with Crippen molar-refractivity contribution in [3.05, 3.63) is 0 Å². The van der Waals surface area contributed by atoms with Crippen LogP contribution in [0.25, 0.3) is 0 Å². The lowest BCUT2D eigenvalue weighted by atomic mass is 10.0. The maximum atomic E-state index is 12.3. The molecule has 2 fully saturated rings. The molecule has 1 amide bonds. The maximum absolute atomic E-state index is 12.3. The quantitative estimate of drug-likeness (QED) is 0.689. The molecule has 0 spiro atoms. The molecule has 0 saturated carbocycles. The molecular formula is C14H24N2O4. The van der Waals surface area contributed by atoms with Crippen molar-refractivity contribution in [1.82, 2.24) is 9.80 Å². The summed E-state index contributed by atoms with van der Waals surface area (Å²) in [4.78, 5) is 27.7. The van der Waals surface area contributed by atoms with Crippen LogP contribution in [0, 0.1) is 5.92 Å². The summed E-state index contributed by atoms with van der Waals surface area (Å²) in [6, 6.07) is 0. The summed E-state index contributed by atoms with van der Waals surface area (Å²) in [5.74, 6) is 0.371. The van der Waals surface area contributed by atoms with Crippen molar-refractivity contribution in [2.75, 3.05) is 46.4 Å². The fraction of sp³-hybridized carbons (Fsp3) is 0.857. The number of ether oxygens (including phenoxy) is 2. The third kappa shape index (κ3) is 3.93. The van der Waals surface area contributed by atoms with Crippen LogP contribution < -0.4 is 0 Å². The minimum absolute atomic E-state index is 0.155. The third-order valence-corrected chi connectivity index (χ3v) is 3.98. The first kappa shape index (κ1) is 15.3. The predicted octanol–water partition coefficient (Wildman–Crippen LogP) is 0.119. The largest absolute Gasteiger partial charge is 0.467 e. The van der Waals surface area contributed by atoms with E-state index in [2.05, 4.69) is 11.7 Å². The molecule has 2 unspecified atom stereocenters. The van der Waals surface area contributed by atoms with Gasteiger partial charge in [0.05, 0.1) is 20.3 Å². The van der Waals surface area contributed by atoms with Crippen molar-refractivity contribution in [3.63, 3.8) is 0 Å².